The van der Waals surface area contributed by atoms with Gasteiger partial charge in [0, 0.05) is 37.6 Å². The molecule has 0 atom stereocenters. The Morgan fingerprint density at radius 2 is 1.88 bits per heavy atom. The van der Waals surface area contributed by atoms with E-state index in [4.69, 9.17) is 0 Å². The fourth-order valence-corrected chi connectivity index (χ4v) is 4.49. The molecule has 10 heteroatoms. The van der Waals surface area contributed by atoms with Crippen LogP contribution in [0.5, 0.6) is 0 Å². The summed E-state index contributed by atoms with van der Waals surface area (Å²) in [6, 6.07) is 14.8. The van der Waals surface area contributed by atoms with E-state index in [0.29, 0.717) is 23.6 Å². The number of halogens is 1. The van der Waals surface area contributed by atoms with Crippen molar-refractivity contribution >= 4 is 39.0 Å². The zero-order valence-corrected chi connectivity index (χ0v) is 18.6. The third-order valence-corrected chi connectivity index (χ3v) is 6.43. The summed E-state index contributed by atoms with van der Waals surface area (Å²) in [5.41, 5.74) is 1.10. The molecule has 1 aliphatic rings. The number of hydrogen-bond donors (Lipinski definition) is 2. The second-order valence-electron chi connectivity index (χ2n) is 7.52. The first-order chi connectivity index (χ1) is 15.8. The van der Waals surface area contributed by atoms with Gasteiger partial charge in [-0.05, 0) is 61.0 Å². The van der Waals surface area contributed by atoms with Crippen LogP contribution < -0.4 is 10.6 Å². The first-order valence-corrected chi connectivity index (χ1v) is 11.7. The third kappa shape index (κ3) is 5.35. The van der Waals surface area contributed by atoms with Crippen molar-refractivity contribution in [3.05, 3.63) is 78.2 Å². The van der Waals surface area contributed by atoms with Gasteiger partial charge >= 0.3 is 0 Å². The lowest BCUT2D eigenvalue weighted by Crippen LogP contribution is -2.20. The van der Waals surface area contributed by atoms with Crippen LogP contribution in [0.4, 0.5) is 21.6 Å². The topological polar surface area (TPSA) is 104 Å². The van der Waals surface area contributed by atoms with Gasteiger partial charge in [0.15, 0.2) is 0 Å². The normalized spacial score (nSPS) is 15.0. The maximum Gasteiger partial charge on any atom is 0.283 e. The zero-order valence-electron chi connectivity index (χ0n) is 17.8. The van der Waals surface area contributed by atoms with Crippen molar-refractivity contribution in [2.75, 3.05) is 24.2 Å². The summed E-state index contributed by atoms with van der Waals surface area (Å²) in [6.07, 6.45) is 3.02. The largest absolute Gasteiger partial charge is 0.362 e. The van der Waals surface area contributed by atoms with Crippen LogP contribution in [0.25, 0.3) is 0 Å². The van der Waals surface area contributed by atoms with E-state index in [1.165, 1.54) is 42.6 Å². The molecule has 1 fully saturated rings. The molecular weight excluding hydrogens is 445 g/mol. The Kier molecular flexibility index (Phi) is 6.36. The second kappa shape index (κ2) is 9.37. The fraction of sp³-hybridized carbons (Fsp3) is 0.174. The molecule has 4 rings (SSSR count). The number of carbonyl (C=O) groups is 1. The van der Waals surface area contributed by atoms with Gasteiger partial charge in [-0.25, -0.2) is 9.37 Å². The molecule has 0 spiro atoms. The number of amidine groups is 1. The molecular formula is C23H22FN5O3S. The average molecular weight is 468 g/mol. The number of sulfonamides is 1. The van der Waals surface area contributed by atoms with Crippen LogP contribution in [0.15, 0.2) is 76.2 Å². The van der Waals surface area contributed by atoms with Crippen molar-refractivity contribution in [2.24, 2.45) is 4.40 Å². The number of carbonyl (C=O) groups excluding carboxylic acids is 1. The highest BCUT2D eigenvalue weighted by Gasteiger charge is 2.20. The summed E-state index contributed by atoms with van der Waals surface area (Å²) in [6.45, 7) is 0.781. The van der Waals surface area contributed by atoms with Gasteiger partial charge < -0.3 is 15.5 Å². The van der Waals surface area contributed by atoms with E-state index < -0.39 is 21.7 Å². The highest BCUT2D eigenvalue weighted by atomic mass is 32.2. The summed E-state index contributed by atoms with van der Waals surface area (Å²) >= 11 is 0. The summed E-state index contributed by atoms with van der Waals surface area (Å²) in [4.78, 5) is 18.9. The summed E-state index contributed by atoms with van der Waals surface area (Å²) in [5, 5.41) is 5.66. The molecule has 0 aliphatic carbocycles. The van der Waals surface area contributed by atoms with E-state index >= 15 is 0 Å². The van der Waals surface area contributed by atoms with Gasteiger partial charge in [-0.15, -0.1) is 4.40 Å². The number of benzene rings is 2. The molecule has 0 radical (unpaired) electrons. The third-order valence-electron chi connectivity index (χ3n) is 5.11. The Labute approximate surface area is 191 Å². The Morgan fingerprint density at radius 3 is 2.58 bits per heavy atom. The van der Waals surface area contributed by atoms with Crippen LogP contribution in [0.3, 0.4) is 0 Å². The molecule has 0 saturated carbocycles. The van der Waals surface area contributed by atoms with Crippen LogP contribution in [0.2, 0.25) is 0 Å². The molecule has 33 heavy (non-hydrogen) atoms. The van der Waals surface area contributed by atoms with Gasteiger partial charge in [-0.1, -0.05) is 6.07 Å². The van der Waals surface area contributed by atoms with Crippen molar-refractivity contribution in [1.29, 1.82) is 0 Å². The van der Waals surface area contributed by atoms with Crippen LogP contribution in [-0.4, -0.2) is 43.6 Å². The standard InChI is InChI=1S/C23H22FN5O3S/c1-29-14-4-8-21(29)28-33(31,32)19-11-9-17(10-12-19)27-23(30)20-7-3-13-25-22(20)26-18-6-2-5-16(24)15-18/h2-3,5-7,9-13,15H,4,8,14H2,1H3,(H,25,26)(H,27,30)/b28-21+. The Balaban J connectivity index is 1.50. The van der Waals surface area contributed by atoms with Crippen molar-refractivity contribution in [3.8, 4) is 0 Å². The van der Waals surface area contributed by atoms with E-state index in [0.717, 1.165) is 13.0 Å². The number of hydrogen-bond acceptors (Lipinski definition) is 5. The number of anilines is 3. The van der Waals surface area contributed by atoms with E-state index in [-0.39, 0.29) is 16.3 Å². The van der Waals surface area contributed by atoms with Crippen molar-refractivity contribution < 1.29 is 17.6 Å². The Hall–Kier alpha value is -3.79. The van der Waals surface area contributed by atoms with E-state index in [9.17, 15) is 17.6 Å². The monoisotopic (exact) mass is 467 g/mol. The zero-order chi connectivity index (χ0) is 23.4. The molecule has 0 unspecified atom stereocenters. The molecule has 1 saturated heterocycles. The molecule has 2 N–H and O–H groups in total. The number of pyridine rings is 1. The number of likely N-dealkylation sites (tertiary alicyclic amines) is 1. The minimum absolute atomic E-state index is 0.0446. The van der Waals surface area contributed by atoms with Crippen molar-refractivity contribution in [2.45, 2.75) is 17.7 Å². The Morgan fingerprint density at radius 1 is 1.09 bits per heavy atom. The number of aromatic nitrogens is 1. The predicted octanol–water partition coefficient (Wildman–Crippen LogP) is 4.03. The minimum atomic E-state index is -3.84. The van der Waals surface area contributed by atoms with E-state index in [1.54, 1.807) is 24.3 Å². The van der Waals surface area contributed by atoms with Gasteiger partial charge in [0.1, 0.15) is 17.5 Å². The maximum atomic E-state index is 13.5. The van der Waals surface area contributed by atoms with Gasteiger partial charge in [0.2, 0.25) is 0 Å². The van der Waals surface area contributed by atoms with Crippen LogP contribution in [-0.2, 0) is 10.0 Å². The molecule has 1 aromatic heterocycles. The average Bonchev–Trinajstić information content (AvgIpc) is 3.18. The van der Waals surface area contributed by atoms with Gasteiger partial charge in [-0.2, -0.15) is 8.42 Å². The molecule has 3 aromatic rings. The number of nitrogens with zero attached hydrogens (tertiary/aromatic N) is 3. The lowest BCUT2D eigenvalue weighted by atomic mass is 10.2. The lowest BCUT2D eigenvalue weighted by molar-refractivity contribution is 0.102. The van der Waals surface area contributed by atoms with Crippen LogP contribution >= 0.6 is 0 Å². The second-order valence-corrected chi connectivity index (χ2v) is 9.13. The van der Waals surface area contributed by atoms with Crippen LogP contribution in [0, 0.1) is 5.82 Å². The van der Waals surface area contributed by atoms with Crippen molar-refractivity contribution in [1.82, 2.24) is 9.88 Å². The smallest absolute Gasteiger partial charge is 0.283 e. The molecule has 1 aliphatic heterocycles. The predicted molar refractivity (Wildman–Crippen MR) is 125 cm³/mol. The van der Waals surface area contributed by atoms with Gasteiger partial charge in [0.05, 0.1) is 10.5 Å². The quantitative estimate of drug-likeness (QED) is 0.567. The number of nitrogens with one attached hydrogen (secondary N) is 2. The molecule has 170 valence electrons. The Bertz CT molecular complexity index is 1310. The first kappa shape index (κ1) is 22.4. The first-order valence-electron chi connectivity index (χ1n) is 10.3. The lowest BCUT2D eigenvalue weighted by Gasteiger charge is -2.12. The summed E-state index contributed by atoms with van der Waals surface area (Å²) in [7, 11) is -2.02. The van der Waals surface area contributed by atoms with Crippen LogP contribution in [0.1, 0.15) is 23.2 Å². The molecule has 8 nitrogen and oxygen atoms in total. The van der Waals surface area contributed by atoms with E-state index in [1.807, 2.05) is 11.9 Å². The minimum Gasteiger partial charge on any atom is -0.362 e. The summed E-state index contributed by atoms with van der Waals surface area (Å²) < 4.78 is 42.6. The van der Waals surface area contributed by atoms with Crippen molar-refractivity contribution in [3.63, 3.8) is 0 Å². The highest BCUT2D eigenvalue weighted by molar-refractivity contribution is 7.90. The fourth-order valence-electron chi connectivity index (χ4n) is 3.40. The van der Waals surface area contributed by atoms with Gasteiger partial charge in [0.25, 0.3) is 15.9 Å². The highest BCUT2D eigenvalue weighted by Crippen LogP contribution is 2.22. The molecule has 2 aromatic carbocycles. The SMILES string of the molecule is CN1CCC/C1=N\S(=O)(=O)c1ccc(NC(=O)c2cccnc2Nc2cccc(F)c2)cc1. The summed E-state index contributed by atoms with van der Waals surface area (Å²) in [5.74, 6) is -0.0642. The molecule has 2 heterocycles. The number of amides is 1. The molecule has 0 bridgehead atoms. The van der Waals surface area contributed by atoms with Gasteiger partial charge in [-0.3, -0.25) is 4.79 Å². The van der Waals surface area contributed by atoms with E-state index in [2.05, 4.69) is 20.0 Å². The number of rotatable bonds is 6. The molecule has 1 amide bonds. The maximum absolute atomic E-state index is 13.5.